The molecule has 146 valence electrons. The van der Waals surface area contributed by atoms with Crippen molar-refractivity contribution >= 4 is 11.9 Å². The second-order valence-corrected chi connectivity index (χ2v) is 7.59. The number of carbonyl (C=O) groups excluding carboxylic acids is 1. The van der Waals surface area contributed by atoms with Gasteiger partial charge in [0.25, 0.3) is 5.95 Å². The van der Waals surface area contributed by atoms with Crippen molar-refractivity contribution in [2.45, 2.75) is 63.3 Å². The fourth-order valence-electron chi connectivity index (χ4n) is 3.57. The summed E-state index contributed by atoms with van der Waals surface area (Å²) in [6.07, 6.45) is 7.14. The number of rotatable bonds is 6. The highest BCUT2D eigenvalue weighted by Crippen LogP contribution is 2.37. The molecule has 27 heavy (non-hydrogen) atoms. The Hall–Kier alpha value is -2.45. The Kier molecular flexibility index (Phi) is 5.09. The number of aromatic nitrogens is 4. The normalized spacial score (nSPS) is 20.5. The van der Waals surface area contributed by atoms with E-state index < -0.39 is 0 Å². The maximum absolute atomic E-state index is 12.8. The van der Waals surface area contributed by atoms with Crippen molar-refractivity contribution in [3.8, 4) is 0 Å². The summed E-state index contributed by atoms with van der Waals surface area (Å²) in [5, 5.41) is 12.4. The molecule has 4 rings (SSSR count). The number of amides is 1. The molecule has 3 heterocycles. The first-order valence-electron chi connectivity index (χ1n) is 9.74. The molecule has 9 nitrogen and oxygen atoms in total. The summed E-state index contributed by atoms with van der Waals surface area (Å²) in [7, 11) is 3.70. The van der Waals surface area contributed by atoms with Gasteiger partial charge < -0.3 is 18.7 Å². The van der Waals surface area contributed by atoms with E-state index in [1.807, 2.05) is 19.0 Å². The van der Waals surface area contributed by atoms with Gasteiger partial charge in [-0.15, -0.1) is 10.2 Å². The Morgan fingerprint density at radius 2 is 1.96 bits per heavy atom. The van der Waals surface area contributed by atoms with Gasteiger partial charge in [-0.1, -0.05) is 6.42 Å². The van der Waals surface area contributed by atoms with Crippen molar-refractivity contribution in [3.05, 3.63) is 17.7 Å². The Balaban J connectivity index is 1.40. The van der Waals surface area contributed by atoms with Crippen LogP contribution in [0.1, 0.15) is 74.6 Å². The summed E-state index contributed by atoms with van der Waals surface area (Å²) in [6, 6.07) is -0.118. The van der Waals surface area contributed by atoms with Gasteiger partial charge in [0.2, 0.25) is 23.6 Å². The predicted octanol–water partition coefficient (Wildman–Crippen LogP) is 2.47. The van der Waals surface area contributed by atoms with E-state index in [0.29, 0.717) is 36.5 Å². The van der Waals surface area contributed by atoms with Crippen LogP contribution >= 0.6 is 0 Å². The molecular formula is C18H26N6O3. The Morgan fingerprint density at radius 1 is 1.15 bits per heavy atom. The van der Waals surface area contributed by atoms with Crippen molar-refractivity contribution in [2.75, 3.05) is 25.5 Å². The van der Waals surface area contributed by atoms with Gasteiger partial charge >= 0.3 is 0 Å². The second kappa shape index (κ2) is 7.66. The van der Waals surface area contributed by atoms with Gasteiger partial charge in [-0.2, -0.15) is 4.98 Å². The molecule has 1 saturated carbocycles. The monoisotopic (exact) mass is 374 g/mol. The molecule has 0 aromatic carbocycles. The van der Waals surface area contributed by atoms with Crippen molar-refractivity contribution in [1.82, 2.24) is 25.2 Å². The molecule has 0 spiro atoms. The average molecular weight is 374 g/mol. The van der Waals surface area contributed by atoms with E-state index in [4.69, 9.17) is 8.94 Å². The highest BCUT2D eigenvalue weighted by Gasteiger charge is 2.33. The van der Waals surface area contributed by atoms with Gasteiger partial charge in [-0.05, 0) is 37.3 Å². The topological polar surface area (TPSA) is 101 Å². The van der Waals surface area contributed by atoms with Crippen LogP contribution in [-0.2, 0) is 11.2 Å². The summed E-state index contributed by atoms with van der Waals surface area (Å²) in [4.78, 5) is 20.8. The fourth-order valence-corrected chi connectivity index (χ4v) is 3.57. The first-order chi connectivity index (χ1) is 13.1. The molecule has 1 atom stereocenters. The van der Waals surface area contributed by atoms with Crippen molar-refractivity contribution in [1.29, 1.82) is 0 Å². The molecule has 1 aliphatic heterocycles. The highest BCUT2D eigenvalue weighted by atomic mass is 16.5. The molecule has 9 heteroatoms. The Bertz CT molecular complexity index is 782. The van der Waals surface area contributed by atoms with Crippen LogP contribution in [0, 0.1) is 0 Å². The van der Waals surface area contributed by atoms with E-state index >= 15 is 0 Å². The molecule has 1 saturated heterocycles. The van der Waals surface area contributed by atoms with Crippen LogP contribution in [0.5, 0.6) is 0 Å². The Labute approximate surface area is 158 Å². The second-order valence-electron chi connectivity index (χ2n) is 7.59. The van der Waals surface area contributed by atoms with Crippen LogP contribution in [0.4, 0.5) is 5.95 Å². The minimum Gasteiger partial charge on any atom is -0.423 e. The highest BCUT2D eigenvalue weighted by molar-refractivity contribution is 5.76. The predicted molar refractivity (Wildman–Crippen MR) is 96.1 cm³/mol. The van der Waals surface area contributed by atoms with Gasteiger partial charge in [0.15, 0.2) is 0 Å². The molecule has 1 amide bonds. The van der Waals surface area contributed by atoms with E-state index in [1.165, 1.54) is 6.42 Å². The standard InChI is InChI=1S/C18H26N6O3/c1-23(2)18-19-14(27-22-18)9-10-15(25)24-11-4-3-8-13(24)17-21-20-16(26-17)12-6-5-7-12/h12-13H,3-11H2,1-2H3. The third-order valence-electron chi connectivity index (χ3n) is 5.43. The van der Waals surface area contributed by atoms with Gasteiger partial charge in [0, 0.05) is 39.4 Å². The number of nitrogens with zero attached hydrogens (tertiary/aromatic N) is 6. The third-order valence-corrected chi connectivity index (χ3v) is 5.43. The Morgan fingerprint density at radius 3 is 2.67 bits per heavy atom. The number of carbonyl (C=O) groups is 1. The van der Waals surface area contributed by atoms with Crippen LogP contribution in [0.15, 0.2) is 8.94 Å². The van der Waals surface area contributed by atoms with Crippen molar-refractivity contribution < 1.29 is 13.7 Å². The number of hydrogen-bond donors (Lipinski definition) is 0. The largest absolute Gasteiger partial charge is 0.423 e. The van der Waals surface area contributed by atoms with Crippen molar-refractivity contribution in [3.63, 3.8) is 0 Å². The number of aryl methyl sites for hydroxylation is 1. The summed E-state index contributed by atoms with van der Waals surface area (Å²) in [5.74, 6) is 2.78. The minimum absolute atomic E-state index is 0.0627. The van der Waals surface area contributed by atoms with Gasteiger partial charge in [-0.25, -0.2) is 0 Å². The fraction of sp³-hybridized carbons (Fsp3) is 0.722. The SMILES string of the molecule is CN(C)c1noc(CCC(=O)N2CCCCC2c2nnc(C3CCC3)o2)n1. The first kappa shape index (κ1) is 17.9. The summed E-state index contributed by atoms with van der Waals surface area (Å²) in [5.41, 5.74) is 0. The maximum atomic E-state index is 12.8. The molecule has 2 aliphatic rings. The molecule has 2 fully saturated rings. The van der Waals surface area contributed by atoms with Crippen molar-refractivity contribution in [2.24, 2.45) is 0 Å². The lowest BCUT2D eigenvalue weighted by Crippen LogP contribution is -2.38. The zero-order valence-corrected chi connectivity index (χ0v) is 15.9. The molecular weight excluding hydrogens is 348 g/mol. The average Bonchev–Trinajstić information content (AvgIpc) is 3.28. The summed E-state index contributed by atoms with van der Waals surface area (Å²) >= 11 is 0. The minimum atomic E-state index is -0.118. The zero-order valence-electron chi connectivity index (χ0n) is 15.9. The number of likely N-dealkylation sites (tertiary alicyclic amines) is 1. The lowest BCUT2D eigenvalue weighted by molar-refractivity contribution is -0.135. The first-order valence-corrected chi connectivity index (χ1v) is 9.74. The van der Waals surface area contributed by atoms with Gasteiger partial charge in [0.1, 0.15) is 6.04 Å². The van der Waals surface area contributed by atoms with E-state index in [2.05, 4.69) is 20.3 Å². The van der Waals surface area contributed by atoms with E-state index in [-0.39, 0.29) is 11.9 Å². The maximum Gasteiger partial charge on any atom is 0.265 e. The number of anilines is 1. The van der Waals surface area contributed by atoms with Crippen LogP contribution in [-0.4, -0.2) is 51.8 Å². The molecule has 0 radical (unpaired) electrons. The van der Waals surface area contributed by atoms with Crippen LogP contribution in [0.2, 0.25) is 0 Å². The smallest absolute Gasteiger partial charge is 0.265 e. The third kappa shape index (κ3) is 3.81. The number of piperidine rings is 1. The quantitative estimate of drug-likeness (QED) is 0.760. The molecule has 2 aromatic heterocycles. The summed E-state index contributed by atoms with van der Waals surface area (Å²) < 4.78 is 11.1. The molecule has 0 N–H and O–H groups in total. The lowest BCUT2D eigenvalue weighted by atomic mass is 9.85. The zero-order chi connectivity index (χ0) is 18.8. The molecule has 2 aromatic rings. The molecule has 1 unspecified atom stereocenters. The van der Waals surface area contributed by atoms with Crippen LogP contribution in [0.25, 0.3) is 0 Å². The van der Waals surface area contributed by atoms with Crippen LogP contribution in [0.3, 0.4) is 0 Å². The van der Waals surface area contributed by atoms with E-state index in [9.17, 15) is 4.79 Å². The van der Waals surface area contributed by atoms with E-state index in [1.54, 1.807) is 4.90 Å². The van der Waals surface area contributed by atoms with Crippen LogP contribution < -0.4 is 4.90 Å². The number of hydrogen-bond acceptors (Lipinski definition) is 8. The lowest BCUT2D eigenvalue weighted by Gasteiger charge is -2.33. The summed E-state index contributed by atoms with van der Waals surface area (Å²) in [6.45, 7) is 0.720. The van der Waals surface area contributed by atoms with Gasteiger partial charge in [-0.3, -0.25) is 4.79 Å². The molecule has 0 bridgehead atoms. The van der Waals surface area contributed by atoms with Gasteiger partial charge in [0.05, 0.1) is 0 Å². The molecule has 1 aliphatic carbocycles. The van der Waals surface area contributed by atoms with E-state index in [0.717, 1.165) is 44.5 Å².